The van der Waals surface area contributed by atoms with Gasteiger partial charge in [-0.1, -0.05) is 0 Å². The van der Waals surface area contributed by atoms with Crippen LogP contribution in [0.1, 0.15) is 10.4 Å². The molecule has 0 aliphatic rings. The number of hydrogen-bond acceptors (Lipinski definition) is 4. The molecule has 0 saturated heterocycles. The van der Waals surface area contributed by atoms with Crippen LogP contribution in [-0.2, 0) is 4.74 Å². The first-order valence-electron chi connectivity index (χ1n) is 5.81. The maximum Gasteiger partial charge on any atom is 0.340 e. The molecule has 2 aromatic heterocycles. The first kappa shape index (κ1) is 12.3. The zero-order valence-corrected chi connectivity index (χ0v) is 10.4. The lowest BCUT2D eigenvalue weighted by molar-refractivity contribution is 0.0596. The Morgan fingerprint density at radius 1 is 1.30 bits per heavy atom. The molecule has 1 aromatic carbocycles. The number of rotatable bonds is 1. The number of aromatic nitrogens is 2. The van der Waals surface area contributed by atoms with E-state index in [-0.39, 0.29) is 11.1 Å². The standard InChI is InChI=1S/C14H9FN2O3/c1-20-14(19)7-4-5-8-11-9(3-2-6-16-11)13(18)17-12(8)10(7)15/h2-6H,1H3,(H,17,18). The lowest BCUT2D eigenvalue weighted by atomic mass is 10.1. The lowest BCUT2D eigenvalue weighted by Crippen LogP contribution is -2.11. The van der Waals surface area contributed by atoms with Crippen molar-refractivity contribution in [2.45, 2.75) is 0 Å². The molecule has 0 aliphatic heterocycles. The molecule has 0 spiro atoms. The number of pyridine rings is 2. The van der Waals surface area contributed by atoms with Crippen molar-refractivity contribution in [3.63, 3.8) is 0 Å². The van der Waals surface area contributed by atoms with Crippen molar-refractivity contribution in [1.29, 1.82) is 0 Å². The van der Waals surface area contributed by atoms with Gasteiger partial charge in [-0.3, -0.25) is 9.78 Å². The highest BCUT2D eigenvalue weighted by molar-refractivity contribution is 6.05. The maximum absolute atomic E-state index is 14.3. The summed E-state index contributed by atoms with van der Waals surface area (Å²) in [6.45, 7) is 0. The average Bonchev–Trinajstić information content (AvgIpc) is 2.48. The summed E-state index contributed by atoms with van der Waals surface area (Å²) in [7, 11) is 1.16. The molecule has 6 heteroatoms. The van der Waals surface area contributed by atoms with Crippen LogP contribution in [0.5, 0.6) is 0 Å². The van der Waals surface area contributed by atoms with Gasteiger partial charge in [-0.05, 0) is 24.3 Å². The Morgan fingerprint density at radius 3 is 2.85 bits per heavy atom. The number of nitrogens with one attached hydrogen (secondary N) is 1. The van der Waals surface area contributed by atoms with Crippen molar-refractivity contribution in [3.05, 3.63) is 52.2 Å². The second kappa shape index (κ2) is 4.41. The van der Waals surface area contributed by atoms with Crippen molar-refractivity contribution in [3.8, 4) is 0 Å². The average molecular weight is 272 g/mol. The minimum Gasteiger partial charge on any atom is -0.465 e. The number of halogens is 1. The van der Waals surface area contributed by atoms with Gasteiger partial charge in [0.05, 0.1) is 29.1 Å². The molecule has 2 heterocycles. The molecule has 0 amide bonds. The van der Waals surface area contributed by atoms with Crippen LogP contribution in [0.3, 0.4) is 0 Å². The second-order valence-electron chi connectivity index (χ2n) is 4.19. The van der Waals surface area contributed by atoms with Gasteiger partial charge >= 0.3 is 5.97 Å². The summed E-state index contributed by atoms with van der Waals surface area (Å²) in [4.78, 5) is 29.9. The lowest BCUT2D eigenvalue weighted by Gasteiger charge is -2.06. The fraction of sp³-hybridized carbons (Fsp3) is 0.0714. The Bertz CT molecular complexity index is 902. The maximum atomic E-state index is 14.3. The molecule has 0 unspecified atom stereocenters. The van der Waals surface area contributed by atoms with E-state index in [0.717, 1.165) is 7.11 Å². The molecule has 0 saturated carbocycles. The molecule has 5 nitrogen and oxygen atoms in total. The zero-order valence-electron chi connectivity index (χ0n) is 10.4. The number of esters is 1. The molecule has 3 rings (SSSR count). The Kier molecular flexibility index (Phi) is 2.71. The topological polar surface area (TPSA) is 72.1 Å². The molecule has 0 aliphatic carbocycles. The first-order valence-corrected chi connectivity index (χ1v) is 5.81. The van der Waals surface area contributed by atoms with Gasteiger partial charge in [0.2, 0.25) is 0 Å². The van der Waals surface area contributed by atoms with E-state index in [1.54, 1.807) is 12.1 Å². The highest BCUT2D eigenvalue weighted by atomic mass is 19.1. The van der Waals surface area contributed by atoms with E-state index < -0.39 is 17.3 Å². The molecular formula is C14H9FN2O3. The van der Waals surface area contributed by atoms with E-state index in [4.69, 9.17) is 0 Å². The molecular weight excluding hydrogens is 263 g/mol. The number of fused-ring (bicyclic) bond motifs is 3. The van der Waals surface area contributed by atoms with Crippen LogP contribution in [0.2, 0.25) is 0 Å². The van der Waals surface area contributed by atoms with Crippen LogP contribution in [0.4, 0.5) is 4.39 Å². The normalized spacial score (nSPS) is 10.9. The molecule has 1 N–H and O–H groups in total. The van der Waals surface area contributed by atoms with Gasteiger partial charge in [0.1, 0.15) is 0 Å². The van der Waals surface area contributed by atoms with Crippen LogP contribution in [-0.4, -0.2) is 23.0 Å². The number of ether oxygens (including phenoxy) is 1. The van der Waals surface area contributed by atoms with E-state index in [1.807, 2.05) is 0 Å². The Balaban J connectivity index is 2.48. The Morgan fingerprint density at radius 2 is 2.10 bits per heavy atom. The third-order valence-corrected chi connectivity index (χ3v) is 3.09. The summed E-state index contributed by atoms with van der Waals surface area (Å²) in [5, 5.41) is 0.801. The monoisotopic (exact) mass is 272 g/mol. The quantitative estimate of drug-likeness (QED) is 0.543. The number of methoxy groups -OCH3 is 1. The van der Waals surface area contributed by atoms with Gasteiger partial charge < -0.3 is 9.72 Å². The molecule has 100 valence electrons. The molecule has 0 radical (unpaired) electrons. The van der Waals surface area contributed by atoms with E-state index in [1.165, 1.54) is 18.3 Å². The highest BCUT2D eigenvalue weighted by Crippen LogP contribution is 2.23. The predicted molar refractivity (Wildman–Crippen MR) is 71.2 cm³/mol. The number of carbonyl (C=O) groups excluding carboxylic acids is 1. The number of carbonyl (C=O) groups is 1. The van der Waals surface area contributed by atoms with Gasteiger partial charge in [0.15, 0.2) is 5.82 Å². The number of hydrogen-bond donors (Lipinski definition) is 1. The zero-order chi connectivity index (χ0) is 14.3. The molecule has 0 fully saturated rings. The van der Waals surface area contributed by atoms with Gasteiger partial charge in [-0.15, -0.1) is 0 Å². The van der Waals surface area contributed by atoms with Gasteiger partial charge in [-0.2, -0.15) is 0 Å². The summed E-state index contributed by atoms with van der Waals surface area (Å²) in [6, 6.07) is 6.08. The van der Waals surface area contributed by atoms with E-state index in [2.05, 4.69) is 14.7 Å². The van der Waals surface area contributed by atoms with Crippen LogP contribution in [0.25, 0.3) is 21.8 Å². The van der Waals surface area contributed by atoms with E-state index >= 15 is 0 Å². The third kappa shape index (κ3) is 1.65. The van der Waals surface area contributed by atoms with E-state index in [9.17, 15) is 14.0 Å². The van der Waals surface area contributed by atoms with Crippen molar-refractivity contribution in [1.82, 2.24) is 9.97 Å². The minimum atomic E-state index is -0.820. The van der Waals surface area contributed by atoms with Crippen LogP contribution in [0, 0.1) is 5.82 Å². The second-order valence-corrected chi connectivity index (χ2v) is 4.19. The third-order valence-electron chi connectivity index (χ3n) is 3.09. The summed E-state index contributed by atoms with van der Waals surface area (Å²) < 4.78 is 18.8. The SMILES string of the molecule is COC(=O)c1ccc2c([nH]c(=O)c3cccnc32)c1F. The minimum absolute atomic E-state index is 0.0518. The summed E-state index contributed by atoms with van der Waals surface area (Å²) in [5.41, 5.74) is -0.349. The van der Waals surface area contributed by atoms with Crippen LogP contribution < -0.4 is 5.56 Å². The van der Waals surface area contributed by atoms with Crippen molar-refractivity contribution >= 4 is 27.8 Å². The van der Waals surface area contributed by atoms with Gasteiger partial charge in [0.25, 0.3) is 5.56 Å². The fourth-order valence-corrected chi connectivity index (χ4v) is 2.15. The van der Waals surface area contributed by atoms with Gasteiger partial charge in [0, 0.05) is 11.6 Å². The Labute approximate surface area is 112 Å². The number of H-pyrrole nitrogens is 1. The summed E-state index contributed by atoms with van der Waals surface area (Å²) in [6.07, 6.45) is 1.52. The van der Waals surface area contributed by atoms with E-state index in [0.29, 0.717) is 16.3 Å². The Hall–Kier alpha value is -2.76. The van der Waals surface area contributed by atoms with Crippen LogP contribution >= 0.6 is 0 Å². The first-order chi connectivity index (χ1) is 9.63. The summed E-state index contributed by atoms with van der Waals surface area (Å²) >= 11 is 0. The largest absolute Gasteiger partial charge is 0.465 e. The predicted octanol–water partition coefficient (Wildman–Crippen LogP) is 2.00. The number of aromatic amines is 1. The molecule has 0 bridgehead atoms. The highest BCUT2D eigenvalue weighted by Gasteiger charge is 2.17. The van der Waals surface area contributed by atoms with Gasteiger partial charge in [-0.25, -0.2) is 9.18 Å². The van der Waals surface area contributed by atoms with Crippen molar-refractivity contribution in [2.24, 2.45) is 0 Å². The van der Waals surface area contributed by atoms with Crippen LogP contribution in [0.15, 0.2) is 35.3 Å². The number of benzene rings is 1. The molecule has 3 aromatic rings. The molecule has 0 atom stereocenters. The smallest absolute Gasteiger partial charge is 0.340 e. The van der Waals surface area contributed by atoms with Crippen molar-refractivity contribution < 1.29 is 13.9 Å². The molecule has 20 heavy (non-hydrogen) atoms. The van der Waals surface area contributed by atoms with Crippen molar-refractivity contribution in [2.75, 3.05) is 7.11 Å². The number of nitrogens with zero attached hydrogens (tertiary/aromatic N) is 1. The fourth-order valence-electron chi connectivity index (χ4n) is 2.15. The summed E-state index contributed by atoms with van der Waals surface area (Å²) in [5.74, 6) is -1.62.